The van der Waals surface area contributed by atoms with Crippen molar-refractivity contribution in [1.29, 1.82) is 10.5 Å². The Morgan fingerprint density at radius 2 is 1.86 bits per heavy atom. The van der Waals surface area contributed by atoms with Crippen molar-refractivity contribution >= 4 is 5.91 Å². The van der Waals surface area contributed by atoms with E-state index >= 15 is 0 Å². The second-order valence-electron chi connectivity index (χ2n) is 7.82. The van der Waals surface area contributed by atoms with E-state index < -0.39 is 0 Å². The highest BCUT2D eigenvalue weighted by atomic mass is 16.5. The van der Waals surface area contributed by atoms with Crippen LogP contribution in [0.3, 0.4) is 0 Å². The highest BCUT2D eigenvalue weighted by molar-refractivity contribution is 5.99. The third-order valence-corrected chi connectivity index (χ3v) is 5.81. The lowest BCUT2D eigenvalue weighted by molar-refractivity contribution is -0.131. The smallest absolute Gasteiger partial charge is 0.261 e. The molecule has 0 unspecified atom stereocenters. The van der Waals surface area contributed by atoms with Crippen LogP contribution in [-0.4, -0.2) is 37.6 Å². The molecule has 148 valence electrons. The minimum atomic E-state index is -0.134. The van der Waals surface area contributed by atoms with Crippen LogP contribution < -0.4 is 0 Å². The number of allylic oxidation sites excluding steroid dienone is 2. The molecule has 0 radical (unpaired) electrons. The third kappa shape index (κ3) is 3.84. The standard InChI is InChI=1S/C23H23N3O3/c1-28-22-18(11-25)8-9-20(29-14-16-2-3-16)21(22)23(27)26-12-19(13-26)17-6-4-15(10-24)5-7-17/h4-7,16,19H,2-3,8-9,12-14H2,1H3. The van der Waals surface area contributed by atoms with Gasteiger partial charge in [0.05, 0.1) is 37.0 Å². The molecule has 0 atom stereocenters. The van der Waals surface area contributed by atoms with Gasteiger partial charge in [-0.15, -0.1) is 0 Å². The zero-order chi connectivity index (χ0) is 20.4. The number of methoxy groups -OCH3 is 1. The first-order valence-corrected chi connectivity index (χ1v) is 9.97. The largest absolute Gasteiger partial charge is 0.497 e. The Morgan fingerprint density at radius 3 is 2.45 bits per heavy atom. The van der Waals surface area contributed by atoms with Crippen LogP contribution in [0.4, 0.5) is 0 Å². The first-order chi connectivity index (χ1) is 14.1. The third-order valence-electron chi connectivity index (χ3n) is 5.81. The van der Waals surface area contributed by atoms with Crippen molar-refractivity contribution in [1.82, 2.24) is 4.90 Å². The Balaban J connectivity index is 1.51. The highest BCUT2D eigenvalue weighted by Gasteiger charge is 2.38. The summed E-state index contributed by atoms with van der Waals surface area (Å²) in [7, 11) is 1.50. The molecule has 0 aromatic heterocycles. The number of hydrogen-bond acceptors (Lipinski definition) is 5. The molecule has 6 heteroatoms. The van der Waals surface area contributed by atoms with Gasteiger partial charge in [-0.1, -0.05) is 12.1 Å². The van der Waals surface area contributed by atoms with Crippen LogP contribution in [-0.2, 0) is 14.3 Å². The van der Waals surface area contributed by atoms with Gasteiger partial charge in [0.25, 0.3) is 5.91 Å². The highest BCUT2D eigenvalue weighted by Crippen LogP contribution is 2.37. The topological polar surface area (TPSA) is 86.3 Å². The summed E-state index contributed by atoms with van der Waals surface area (Å²) in [6.45, 7) is 1.82. The molecule has 1 saturated carbocycles. The lowest BCUT2D eigenvalue weighted by Gasteiger charge is -2.40. The van der Waals surface area contributed by atoms with E-state index in [1.807, 2.05) is 12.1 Å². The van der Waals surface area contributed by atoms with E-state index in [9.17, 15) is 10.1 Å². The molecule has 1 aliphatic heterocycles. The fourth-order valence-electron chi connectivity index (χ4n) is 3.79. The predicted octanol–water partition coefficient (Wildman–Crippen LogP) is 3.38. The van der Waals surface area contributed by atoms with E-state index in [4.69, 9.17) is 14.7 Å². The summed E-state index contributed by atoms with van der Waals surface area (Å²) in [4.78, 5) is 15.1. The molecule has 3 aliphatic rings. The normalized spacial score (nSPS) is 19.3. The minimum Gasteiger partial charge on any atom is -0.497 e. The van der Waals surface area contributed by atoms with Crippen molar-refractivity contribution in [3.05, 3.63) is 58.1 Å². The monoisotopic (exact) mass is 389 g/mol. The molecule has 1 saturated heterocycles. The van der Waals surface area contributed by atoms with Gasteiger partial charge in [-0.2, -0.15) is 10.5 Å². The van der Waals surface area contributed by atoms with Crippen LogP contribution in [0.5, 0.6) is 0 Å². The fourth-order valence-corrected chi connectivity index (χ4v) is 3.79. The summed E-state index contributed by atoms with van der Waals surface area (Å²) in [5, 5.41) is 18.4. The lowest BCUT2D eigenvalue weighted by atomic mass is 9.88. The first-order valence-electron chi connectivity index (χ1n) is 9.97. The predicted molar refractivity (Wildman–Crippen MR) is 105 cm³/mol. The van der Waals surface area contributed by atoms with Gasteiger partial charge in [-0.05, 0) is 42.9 Å². The van der Waals surface area contributed by atoms with Gasteiger partial charge < -0.3 is 14.4 Å². The van der Waals surface area contributed by atoms with Gasteiger partial charge in [0.2, 0.25) is 0 Å². The molecule has 6 nitrogen and oxygen atoms in total. The summed E-state index contributed by atoms with van der Waals surface area (Å²) in [6, 6.07) is 11.8. The molecule has 0 bridgehead atoms. The van der Waals surface area contributed by atoms with Crippen LogP contribution in [0.25, 0.3) is 0 Å². The van der Waals surface area contributed by atoms with E-state index in [1.165, 1.54) is 20.0 Å². The van der Waals surface area contributed by atoms with Gasteiger partial charge in [0, 0.05) is 25.4 Å². The Labute approximate surface area is 170 Å². The number of benzene rings is 1. The van der Waals surface area contributed by atoms with E-state index in [2.05, 4.69) is 12.1 Å². The zero-order valence-corrected chi connectivity index (χ0v) is 16.5. The van der Waals surface area contributed by atoms with Gasteiger partial charge in [-0.3, -0.25) is 4.79 Å². The Hall–Kier alpha value is -3.25. The number of carbonyl (C=O) groups excluding carboxylic acids is 1. The van der Waals surface area contributed by atoms with Crippen LogP contribution in [0.2, 0.25) is 0 Å². The number of nitriles is 2. The molecular weight excluding hydrogens is 366 g/mol. The summed E-state index contributed by atoms with van der Waals surface area (Å²) in [6.07, 6.45) is 3.43. The number of ether oxygens (including phenoxy) is 2. The van der Waals surface area contributed by atoms with Crippen molar-refractivity contribution in [2.45, 2.75) is 31.6 Å². The van der Waals surface area contributed by atoms with E-state index in [1.54, 1.807) is 17.0 Å². The molecule has 4 rings (SSSR count). The Kier molecular flexibility index (Phi) is 5.27. The lowest BCUT2D eigenvalue weighted by Crippen LogP contribution is -2.49. The van der Waals surface area contributed by atoms with E-state index in [0.29, 0.717) is 66.7 Å². The maximum absolute atomic E-state index is 13.3. The molecule has 1 aromatic carbocycles. The van der Waals surface area contributed by atoms with Crippen LogP contribution in [0, 0.1) is 28.6 Å². The second kappa shape index (κ2) is 8.01. The quantitative estimate of drug-likeness (QED) is 0.744. The SMILES string of the molecule is COC1=C(C#N)CCC(OCC2CC2)=C1C(=O)N1CC(c2ccc(C#N)cc2)C1. The maximum Gasteiger partial charge on any atom is 0.261 e. The zero-order valence-electron chi connectivity index (χ0n) is 16.5. The number of nitrogens with zero attached hydrogens (tertiary/aromatic N) is 3. The van der Waals surface area contributed by atoms with Gasteiger partial charge >= 0.3 is 0 Å². The summed E-state index contributed by atoms with van der Waals surface area (Å²) in [5.74, 6) is 1.70. The molecule has 1 heterocycles. The van der Waals surface area contributed by atoms with Crippen LogP contribution >= 0.6 is 0 Å². The Bertz CT molecular complexity index is 953. The van der Waals surface area contributed by atoms with Crippen molar-refractivity contribution in [2.75, 3.05) is 26.8 Å². The average Bonchev–Trinajstić information content (AvgIpc) is 3.55. The van der Waals surface area contributed by atoms with Crippen molar-refractivity contribution in [3.8, 4) is 12.1 Å². The molecule has 2 fully saturated rings. The molecule has 29 heavy (non-hydrogen) atoms. The number of likely N-dealkylation sites (tertiary alicyclic amines) is 1. The van der Waals surface area contributed by atoms with Crippen molar-refractivity contribution in [3.63, 3.8) is 0 Å². The Morgan fingerprint density at radius 1 is 1.14 bits per heavy atom. The number of carbonyl (C=O) groups is 1. The van der Waals surface area contributed by atoms with Crippen molar-refractivity contribution in [2.24, 2.45) is 5.92 Å². The average molecular weight is 389 g/mol. The molecule has 2 aliphatic carbocycles. The van der Waals surface area contributed by atoms with E-state index in [0.717, 1.165) is 5.56 Å². The van der Waals surface area contributed by atoms with Gasteiger partial charge in [0.15, 0.2) is 0 Å². The number of rotatable bonds is 6. The van der Waals surface area contributed by atoms with Crippen molar-refractivity contribution < 1.29 is 14.3 Å². The van der Waals surface area contributed by atoms with Crippen LogP contribution in [0.1, 0.15) is 42.7 Å². The first kappa shape index (κ1) is 19.1. The molecule has 1 amide bonds. The van der Waals surface area contributed by atoms with Gasteiger partial charge in [-0.25, -0.2) is 0 Å². The minimum absolute atomic E-state index is 0.134. The number of hydrogen-bond donors (Lipinski definition) is 0. The molecule has 0 N–H and O–H groups in total. The summed E-state index contributed by atoms with van der Waals surface area (Å²) >= 11 is 0. The van der Waals surface area contributed by atoms with Gasteiger partial charge in [0.1, 0.15) is 17.1 Å². The second-order valence-corrected chi connectivity index (χ2v) is 7.82. The maximum atomic E-state index is 13.3. The summed E-state index contributed by atoms with van der Waals surface area (Å²) in [5.41, 5.74) is 2.66. The van der Waals surface area contributed by atoms with Crippen LogP contribution in [0.15, 0.2) is 46.9 Å². The van der Waals surface area contributed by atoms with E-state index in [-0.39, 0.29) is 11.8 Å². The number of amides is 1. The molecular formula is C23H23N3O3. The molecule has 0 spiro atoms. The molecule has 1 aromatic rings. The fraction of sp³-hybridized carbons (Fsp3) is 0.435. The summed E-state index contributed by atoms with van der Waals surface area (Å²) < 4.78 is 11.5.